The van der Waals surface area contributed by atoms with Crippen molar-refractivity contribution in [2.24, 2.45) is 0 Å². The summed E-state index contributed by atoms with van der Waals surface area (Å²) >= 11 is 0. The molecule has 0 saturated carbocycles. The summed E-state index contributed by atoms with van der Waals surface area (Å²) in [6, 6.07) is 15.1. The summed E-state index contributed by atoms with van der Waals surface area (Å²) in [5, 5.41) is 3.24. The molecule has 1 unspecified atom stereocenters. The molecule has 0 bridgehead atoms. The molecule has 0 spiro atoms. The number of carbonyl (C=O) groups excluding carboxylic acids is 1. The second-order valence-electron chi connectivity index (χ2n) is 5.29. The van der Waals surface area contributed by atoms with Gasteiger partial charge < -0.3 is 5.32 Å². The smallest absolute Gasteiger partial charge is 0.164 e. The molecule has 0 aliphatic rings. The normalized spacial score (nSPS) is 12.0. The average Bonchev–Trinajstić information content (AvgIpc) is 2.46. The third kappa shape index (κ3) is 4.15. The van der Waals surface area contributed by atoms with Crippen molar-refractivity contribution in [3.63, 3.8) is 0 Å². The molecule has 0 aliphatic heterocycles. The minimum Gasteiger partial charge on any atom is -0.382 e. The molecule has 2 rings (SSSR count). The van der Waals surface area contributed by atoms with Gasteiger partial charge in [-0.2, -0.15) is 0 Å². The van der Waals surface area contributed by atoms with Gasteiger partial charge in [0, 0.05) is 11.7 Å². The Morgan fingerprint density at radius 2 is 1.86 bits per heavy atom. The summed E-state index contributed by atoms with van der Waals surface area (Å²) in [7, 11) is 0. The molecule has 3 heteroatoms. The SMILES string of the molecule is CC(=O)c1c(F)cccc1NC(C)CCc1ccccc1. The molecule has 2 aromatic rings. The van der Waals surface area contributed by atoms with E-state index in [1.165, 1.54) is 18.6 Å². The third-order valence-corrected chi connectivity index (χ3v) is 3.48. The van der Waals surface area contributed by atoms with Crippen molar-refractivity contribution in [2.75, 3.05) is 5.32 Å². The standard InChI is InChI=1S/C18H20FNO/c1-13(11-12-15-7-4-3-5-8-15)20-17-10-6-9-16(19)18(17)14(2)21/h3-10,13,20H,11-12H2,1-2H3. The summed E-state index contributed by atoms with van der Waals surface area (Å²) < 4.78 is 13.7. The highest BCUT2D eigenvalue weighted by Gasteiger charge is 2.14. The van der Waals surface area contributed by atoms with Crippen LogP contribution in [0.4, 0.5) is 10.1 Å². The Hall–Kier alpha value is -2.16. The van der Waals surface area contributed by atoms with Gasteiger partial charge in [-0.1, -0.05) is 36.4 Å². The fourth-order valence-electron chi connectivity index (χ4n) is 2.37. The van der Waals surface area contributed by atoms with Gasteiger partial charge in [0.05, 0.1) is 5.56 Å². The fraction of sp³-hybridized carbons (Fsp3) is 0.278. The molecule has 21 heavy (non-hydrogen) atoms. The van der Waals surface area contributed by atoms with Crippen LogP contribution >= 0.6 is 0 Å². The van der Waals surface area contributed by atoms with E-state index in [2.05, 4.69) is 17.4 Å². The quantitative estimate of drug-likeness (QED) is 0.794. The number of nitrogens with one attached hydrogen (secondary N) is 1. The molecular formula is C18H20FNO. The highest BCUT2D eigenvalue weighted by molar-refractivity contribution is 5.99. The first-order chi connectivity index (χ1) is 10.1. The molecule has 0 heterocycles. The van der Waals surface area contributed by atoms with E-state index in [0.29, 0.717) is 5.69 Å². The zero-order valence-electron chi connectivity index (χ0n) is 12.4. The lowest BCUT2D eigenvalue weighted by atomic mass is 10.0. The minimum absolute atomic E-state index is 0.143. The second kappa shape index (κ2) is 7.02. The molecule has 0 amide bonds. The van der Waals surface area contributed by atoms with Gasteiger partial charge in [-0.25, -0.2) is 4.39 Å². The van der Waals surface area contributed by atoms with Crippen molar-refractivity contribution >= 4 is 11.5 Å². The number of carbonyl (C=O) groups is 1. The Balaban J connectivity index is 2.01. The lowest BCUT2D eigenvalue weighted by Crippen LogP contribution is -2.18. The molecule has 0 aliphatic carbocycles. The van der Waals surface area contributed by atoms with E-state index < -0.39 is 5.82 Å². The minimum atomic E-state index is -0.470. The van der Waals surface area contributed by atoms with E-state index in [4.69, 9.17) is 0 Å². The fourth-order valence-corrected chi connectivity index (χ4v) is 2.37. The Labute approximate surface area is 125 Å². The van der Waals surface area contributed by atoms with Crippen LogP contribution in [0.15, 0.2) is 48.5 Å². The van der Waals surface area contributed by atoms with Crippen LogP contribution in [-0.2, 0) is 6.42 Å². The van der Waals surface area contributed by atoms with Crippen molar-refractivity contribution in [1.29, 1.82) is 0 Å². The van der Waals surface area contributed by atoms with Crippen LogP contribution in [0, 0.1) is 5.82 Å². The molecule has 1 N–H and O–H groups in total. The number of rotatable bonds is 6. The Bertz CT molecular complexity index is 610. The van der Waals surface area contributed by atoms with E-state index in [9.17, 15) is 9.18 Å². The van der Waals surface area contributed by atoms with Gasteiger partial charge in [-0.3, -0.25) is 4.79 Å². The lowest BCUT2D eigenvalue weighted by Gasteiger charge is -2.17. The van der Waals surface area contributed by atoms with E-state index in [1.807, 2.05) is 25.1 Å². The molecule has 110 valence electrons. The number of aryl methyl sites for hydroxylation is 1. The Morgan fingerprint density at radius 3 is 2.52 bits per heavy atom. The van der Waals surface area contributed by atoms with Crippen LogP contribution < -0.4 is 5.32 Å². The van der Waals surface area contributed by atoms with E-state index >= 15 is 0 Å². The third-order valence-electron chi connectivity index (χ3n) is 3.48. The highest BCUT2D eigenvalue weighted by Crippen LogP contribution is 2.21. The van der Waals surface area contributed by atoms with E-state index in [-0.39, 0.29) is 17.4 Å². The van der Waals surface area contributed by atoms with Crippen LogP contribution in [-0.4, -0.2) is 11.8 Å². The van der Waals surface area contributed by atoms with E-state index in [1.54, 1.807) is 12.1 Å². The average molecular weight is 285 g/mol. The number of halogens is 1. The van der Waals surface area contributed by atoms with Crippen LogP contribution in [0.5, 0.6) is 0 Å². The molecule has 0 aromatic heterocycles. The van der Waals surface area contributed by atoms with Gasteiger partial charge in [-0.15, -0.1) is 0 Å². The number of ketones is 1. The van der Waals surface area contributed by atoms with Gasteiger partial charge in [0.25, 0.3) is 0 Å². The summed E-state index contributed by atoms with van der Waals surface area (Å²) in [5.74, 6) is -0.728. The van der Waals surface area contributed by atoms with Gasteiger partial charge in [0.15, 0.2) is 5.78 Å². The number of anilines is 1. The van der Waals surface area contributed by atoms with Crippen LogP contribution in [0.1, 0.15) is 36.2 Å². The van der Waals surface area contributed by atoms with Gasteiger partial charge >= 0.3 is 0 Å². The molecule has 2 nitrogen and oxygen atoms in total. The maximum atomic E-state index is 13.7. The first kappa shape index (κ1) is 15.2. The van der Waals surface area contributed by atoms with E-state index in [0.717, 1.165) is 12.8 Å². The van der Waals surface area contributed by atoms with Crippen LogP contribution in [0.2, 0.25) is 0 Å². The molecule has 0 radical (unpaired) electrons. The Morgan fingerprint density at radius 1 is 1.14 bits per heavy atom. The van der Waals surface area contributed by atoms with Gasteiger partial charge in [0.2, 0.25) is 0 Å². The van der Waals surface area contributed by atoms with Crippen LogP contribution in [0.25, 0.3) is 0 Å². The predicted octanol–water partition coefficient (Wildman–Crippen LogP) is 4.46. The zero-order valence-corrected chi connectivity index (χ0v) is 12.4. The highest BCUT2D eigenvalue weighted by atomic mass is 19.1. The molecule has 0 fully saturated rings. The molecular weight excluding hydrogens is 265 g/mol. The van der Waals surface area contributed by atoms with Crippen LogP contribution in [0.3, 0.4) is 0 Å². The number of Topliss-reactive ketones (excluding diaryl/α,β-unsaturated/α-hetero) is 1. The van der Waals surface area contributed by atoms with Crippen molar-refractivity contribution in [1.82, 2.24) is 0 Å². The molecule has 2 aromatic carbocycles. The first-order valence-corrected chi connectivity index (χ1v) is 7.18. The summed E-state index contributed by atoms with van der Waals surface area (Å²) in [5.41, 5.74) is 1.99. The maximum Gasteiger partial charge on any atom is 0.164 e. The lowest BCUT2D eigenvalue weighted by molar-refractivity contribution is 0.101. The Kier molecular flexibility index (Phi) is 5.09. The second-order valence-corrected chi connectivity index (χ2v) is 5.29. The topological polar surface area (TPSA) is 29.1 Å². The van der Waals surface area contributed by atoms with Crippen molar-refractivity contribution in [3.8, 4) is 0 Å². The van der Waals surface area contributed by atoms with Gasteiger partial charge in [0.1, 0.15) is 5.82 Å². The maximum absolute atomic E-state index is 13.7. The van der Waals surface area contributed by atoms with Crippen molar-refractivity contribution in [2.45, 2.75) is 32.7 Å². The first-order valence-electron chi connectivity index (χ1n) is 7.18. The largest absolute Gasteiger partial charge is 0.382 e. The summed E-state index contributed by atoms with van der Waals surface area (Å²) in [4.78, 5) is 11.6. The summed E-state index contributed by atoms with van der Waals surface area (Å²) in [6.45, 7) is 3.43. The monoisotopic (exact) mass is 285 g/mol. The zero-order chi connectivity index (χ0) is 15.2. The molecule has 1 atom stereocenters. The van der Waals surface area contributed by atoms with Crippen molar-refractivity contribution < 1.29 is 9.18 Å². The van der Waals surface area contributed by atoms with Gasteiger partial charge in [-0.05, 0) is 44.4 Å². The predicted molar refractivity (Wildman–Crippen MR) is 84.3 cm³/mol. The molecule has 0 saturated heterocycles. The number of benzene rings is 2. The number of hydrogen-bond donors (Lipinski definition) is 1. The van der Waals surface area contributed by atoms with Crippen molar-refractivity contribution in [3.05, 3.63) is 65.5 Å². The summed E-state index contributed by atoms with van der Waals surface area (Å²) in [6.07, 6.45) is 1.86. The number of hydrogen-bond acceptors (Lipinski definition) is 2.